The van der Waals surface area contributed by atoms with Crippen LogP contribution >= 0.6 is 11.8 Å². The van der Waals surface area contributed by atoms with Crippen LogP contribution in [0.4, 0.5) is 0 Å². The molecule has 0 aliphatic rings. The van der Waals surface area contributed by atoms with Gasteiger partial charge in [0.25, 0.3) is 0 Å². The van der Waals surface area contributed by atoms with Crippen molar-refractivity contribution in [2.45, 2.75) is 36.7 Å². The molecule has 0 radical (unpaired) electrons. The molecule has 5 heteroatoms. The molecule has 0 aliphatic carbocycles. The van der Waals surface area contributed by atoms with E-state index >= 15 is 0 Å². The summed E-state index contributed by atoms with van der Waals surface area (Å²) < 4.78 is 2.04. The third-order valence-electron chi connectivity index (χ3n) is 4.00. The summed E-state index contributed by atoms with van der Waals surface area (Å²) in [6.45, 7) is 2.64. The highest BCUT2D eigenvalue weighted by Crippen LogP contribution is 2.29. The van der Waals surface area contributed by atoms with E-state index in [0.717, 1.165) is 21.8 Å². The van der Waals surface area contributed by atoms with Crippen molar-refractivity contribution in [1.29, 1.82) is 10.5 Å². The number of nitrogens with zero attached hydrogens (tertiary/aromatic N) is 4. The molecule has 0 bridgehead atoms. The summed E-state index contributed by atoms with van der Waals surface area (Å²) in [6, 6.07) is 20.7. The maximum atomic E-state index is 9.58. The Kier molecular flexibility index (Phi) is 5.38. The monoisotopic (exact) mass is 346 g/mol. The lowest BCUT2D eigenvalue weighted by Gasteiger charge is -2.11. The zero-order valence-electron chi connectivity index (χ0n) is 14.0. The predicted octanol–water partition coefficient (Wildman–Crippen LogP) is 4.49. The molecule has 0 amide bonds. The van der Waals surface area contributed by atoms with Gasteiger partial charge in [-0.05, 0) is 31.0 Å². The van der Waals surface area contributed by atoms with Gasteiger partial charge >= 0.3 is 0 Å². The third kappa shape index (κ3) is 4.02. The standard InChI is InChI=1S/C20H18N4S/c1-15-7-9-16(10-8-15)13-17(14-22)25-20-23-18-5-2-3-6-19(18)24(20)12-4-11-21/h2-3,5-10,17H,4,12-13H2,1H3/t17-/m0/s1. The van der Waals surface area contributed by atoms with Crippen LogP contribution in [-0.2, 0) is 13.0 Å². The summed E-state index contributed by atoms with van der Waals surface area (Å²) >= 11 is 1.47. The fourth-order valence-electron chi connectivity index (χ4n) is 2.70. The summed E-state index contributed by atoms with van der Waals surface area (Å²) in [4.78, 5) is 4.67. The molecular weight excluding hydrogens is 328 g/mol. The Bertz CT molecular complexity index is 944. The van der Waals surface area contributed by atoms with Gasteiger partial charge in [-0.2, -0.15) is 10.5 Å². The zero-order chi connectivity index (χ0) is 17.6. The normalized spacial score (nSPS) is 11.8. The molecule has 0 spiro atoms. The van der Waals surface area contributed by atoms with Gasteiger partial charge in [-0.1, -0.05) is 53.7 Å². The van der Waals surface area contributed by atoms with E-state index in [4.69, 9.17) is 5.26 Å². The van der Waals surface area contributed by atoms with Crippen LogP contribution in [0.3, 0.4) is 0 Å². The third-order valence-corrected chi connectivity index (χ3v) is 5.08. The van der Waals surface area contributed by atoms with Crippen molar-refractivity contribution >= 4 is 22.8 Å². The van der Waals surface area contributed by atoms with Gasteiger partial charge in [0.2, 0.25) is 0 Å². The van der Waals surface area contributed by atoms with Gasteiger partial charge in [-0.25, -0.2) is 4.98 Å². The Labute approximate surface area is 151 Å². The Morgan fingerprint density at radius 2 is 1.88 bits per heavy atom. The average Bonchev–Trinajstić information content (AvgIpc) is 2.98. The minimum Gasteiger partial charge on any atom is -0.318 e. The molecule has 1 heterocycles. The largest absolute Gasteiger partial charge is 0.318 e. The number of fused-ring (bicyclic) bond motifs is 1. The number of aromatic nitrogens is 2. The second-order valence-corrected chi connectivity index (χ2v) is 7.04. The minimum atomic E-state index is -0.222. The van der Waals surface area contributed by atoms with Crippen LogP contribution in [0.25, 0.3) is 11.0 Å². The topological polar surface area (TPSA) is 65.4 Å². The summed E-state index contributed by atoms with van der Waals surface area (Å²) in [5.41, 5.74) is 4.26. The molecule has 124 valence electrons. The van der Waals surface area contributed by atoms with Gasteiger partial charge < -0.3 is 4.57 Å². The maximum absolute atomic E-state index is 9.58. The van der Waals surface area contributed by atoms with E-state index in [1.54, 1.807) is 0 Å². The van der Waals surface area contributed by atoms with Gasteiger partial charge in [0.15, 0.2) is 5.16 Å². The van der Waals surface area contributed by atoms with Crippen LogP contribution in [0.1, 0.15) is 17.5 Å². The summed E-state index contributed by atoms with van der Waals surface area (Å²) in [6.07, 6.45) is 1.09. The van der Waals surface area contributed by atoms with E-state index in [0.29, 0.717) is 19.4 Å². The van der Waals surface area contributed by atoms with E-state index in [1.807, 2.05) is 28.8 Å². The molecule has 0 saturated heterocycles. The molecule has 3 rings (SSSR count). The van der Waals surface area contributed by atoms with E-state index < -0.39 is 0 Å². The van der Waals surface area contributed by atoms with E-state index in [2.05, 4.69) is 48.3 Å². The molecule has 3 aromatic rings. The van der Waals surface area contributed by atoms with E-state index in [1.165, 1.54) is 17.3 Å². The number of benzene rings is 2. The number of rotatable bonds is 6. The molecule has 1 aromatic heterocycles. The van der Waals surface area contributed by atoms with Gasteiger partial charge in [-0.15, -0.1) is 0 Å². The van der Waals surface area contributed by atoms with Crippen LogP contribution in [0.2, 0.25) is 0 Å². The lowest BCUT2D eigenvalue weighted by atomic mass is 10.1. The lowest BCUT2D eigenvalue weighted by Crippen LogP contribution is -2.07. The highest BCUT2D eigenvalue weighted by Gasteiger charge is 2.17. The quantitative estimate of drug-likeness (QED) is 0.617. The Morgan fingerprint density at radius 3 is 2.60 bits per heavy atom. The molecule has 1 atom stereocenters. The Morgan fingerprint density at radius 1 is 1.12 bits per heavy atom. The fourth-order valence-corrected chi connectivity index (χ4v) is 3.75. The van der Waals surface area contributed by atoms with Gasteiger partial charge in [0.05, 0.1) is 29.6 Å². The van der Waals surface area contributed by atoms with E-state index in [9.17, 15) is 5.26 Å². The molecule has 25 heavy (non-hydrogen) atoms. The molecular formula is C20H18N4S. The first-order valence-corrected chi connectivity index (χ1v) is 9.03. The summed E-state index contributed by atoms with van der Waals surface area (Å²) in [7, 11) is 0. The number of hydrogen-bond donors (Lipinski definition) is 0. The van der Waals surface area contributed by atoms with Crippen LogP contribution in [0.5, 0.6) is 0 Å². The van der Waals surface area contributed by atoms with Crippen LogP contribution in [0, 0.1) is 29.6 Å². The van der Waals surface area contributed by atoms with Crippen LogP contribution in [0.15, 0.2) is 53.7 Å². The van der Waals surface area contributed by atoms with Gasteiger partial charge in [0, 0.05) is 6.54 Å². The number of imidazole rings is 1. The van der Waals surface area contributed by atoms with Crippen molar-refractivity contribution in [1.82, 2.24) is 9.55 Å². The van der Waals surface area contributed by atoms with Crippen molar-refractivity contribution < 1.29 is 0 Å². The zero-order valence-corrected chi connectivity index (χ0v) is 14.8. The molecule has 0 N–H and O–H groups in total. The maximum Gasteiger partial charge on any atom is 0.170 e. The van der Waals surface area contributed by atoms with Crippen molar-refractivity contribution in [2.75, 3.05) is 0 Å². The first kappa shape index (κ1) is 17.1. The number of thioether (sulfide) groups is 1. The molecule has 0 fully saturated rings. The Hall–Kier alpha value is -2.76. The smallest absolute Gasteiger partial charge is 0.170 e. The first-order valence-electron chi connectivity index (χ1n) is 8.15. The molecule has 4 nitrogen and oxygen atoms in total. The summed E-state index contributed by atoms with van der Waals surface area (Å²) in [5.74, 6) is 0. The average molecular weight is 346 g/mol. The van der Waals surface area contributed by atoms with E-state index in [-0.39, 0.29) is 5.25 Å². The SMILES string of the molecule is Cc1ccc(C[C@@H](C#N)Sc2nc3ccccc3n2CCC#N)cc1. The number of aryl methyl sites for hydroxylation is 2. The first-order chi connectivity index (χ1) is 12.2. The molecule has 0 unspecified atom stereocenters. The lowest BCUT2D eigenvalue weighted by molar-refractivity contribution is 0.666. The second kappa shape index (κ2) is 7.88. The van der Waals surface area contributed by atoms with Gasteiger partial charge in [0.1, 0.15) is 5.25 Å². The molecule has 0 aliphatic heterocycles. The number of para-hydroxylation sites is 2. The van der Waals surface area contributed by atoms with Crippen molar-refractivity contribution in [3.05, 3.63) is 59.7 Å². The van der Waals surface area contributed by atoms with Crippen molar-refractivity contribution in [3.8, 4) is 12.1 Å². The molecule has 0 saturated carbocycles. The second-order valence-electron chi connectivity index (χ2n) is 5.87. The Balaban J connectivity index is 1.86. The highest BCUT2D eigenvalue weighted by molar-refractivity contribution is 8.00. The van der Waals surface area contributed by atoms with Gasteiger partial charge in [-0.3, -0.25) is 0 Å². The van der Waals surface area contributed by atoms with Crippen molar-refractivity contribution in [3.63, 3.8) is 0 Å². The highest BCUT2D eigenvalue weighted by atomic mass is 32.2. The fraction of sp³-hybridized carbons (Fsp3) is 0.250. The van der Waals surface area contributed by atoms with Crippen LogP contribution in [-0.4, -0.2) is 14.8 Å². The number of nitriles is 2. The minimum absolute atomic E-state index is 0.222. The number of hydrogen-bond acceptors (Lipinski definition) is 4. The van der Waals surface area contributed by atoms with Crippen molar-refractivity contribution in [2.24, 2.45) is 0 Å². The van der Waals surface area contributed by atoms with Crippen LogP contribution < -0.4 is 0 Å². The summed E-state index contributed by atoms with van der Waals surface area (Å²) in [5, 5.41) is 19.1. The predicted molar refractivity (Wildman–Crippen MR) is 100 cm³/mol. The molecule has 2 aromatic carbocycles.